The van der Waals surface area contributed by atoms with Crippen LogP contribution >= 0.6 is 0 Å². The van der Waals surface area contributed by atoms with E-state index in [0.717, 1.165) is 24.9 Å². The van der Waals surface area contributed by atoms with E-state index < -0.39 is 0 Å². The molecule has 1 aliphatic rings. The van der Waals surface area contributed by atoms with Crippen LogP contribution in [0.2, 0.25) is 0 Å². The highest BCUT2D eigenvalue weighted by atomic mass is 16.5. The van der Waals surface area contributed by atoms with Gasteiger partial charge in [0.2, 0.25) is 0 Å². The van der Waals surface area contributed by atoms with Crippen LogP contribution in [-0.2, 0) is 17.9 Å². The van der Waals surface area contributed by atoms with Crippen molar-refractivity contribution in [1.29, 1.82) is 0 Å². The summed E-state index contributed by atoms with van der Waals surface area (Å²) in [6.45, 7) is 1.82. The molecule has 1 saturated carbocycles. The number of hydrogen-bond donors (Lipinski definition) is 1. The van der Waals surface area contributed by atoms with Crippen LogP contribution in [0.15, 0.2) is 60.7 Å². The molecule has 2 aromatic carbocycles. The predicted octanol–water partition coefficient (Wildman–Crippen LogP) is 3.97. The number of carbonyl (C=O) groups excluding carboxylic acids is 1. The van der Waals surface area contributed by atoms with Crippen LogP contribution in [0.5, 0.6) is 0 Å². The van der Waals surface area contributed by atoms with E-state index in [0.29, 0.717) is 13.2 Å². The van der Waals surface area contributed by atoms with Gasteiger partial charge in [-0.3, -0.25) is 4.90 Å². The van der Waals surface area contributed by atoms with Crippen molar-refractivity contribution < 1.29 is 9.53 Å². The molecule has 1 amide bonds. The number of amides is 1. The Hall–Kier alpha value is -2.33. The molecule has 0 atom stereocenters. The minimum absolute atomic E-state index is 0.0433. The third-order valence-electron chi connectivity index (χ3n) is 5.13. The normalized spacial score (nSPS) is 15.4. The van der Waals surface area contributed by atoms with Gasteiger partial charge in [-0.15, -0.1) is 0 Å². The first-order valence-electron chi connectivity index (χ1n) is 8.88. The minimum atomic E-state index is -0.344. The average molecular weight is 338 g/mol. The molecular formula is C21H26N2O2. The van der Waals surface area contributed by atoms with Gasteiger partial charge in [0.25, 0.3) is 0 Å². The summed E-state index contributed by atoms with van der Waals surface area (Å²) in [6, 6.07) is 20.2. The highest BCUT2D eigenvalue weighted by Gasteiger charge is 2.40. The van der Waals surface area contributed by atoms with Crippen LogP contribution in [0.1, 0.15) is 30.4 Å². The van der Waals surface area contributed by atoms with E-state index in [1.54, 1.807) is 0 Å². The molecule has 4 heteroatoms. The standard InChI is InChI=1S/C21H26N2O2/c1-23(15-18-9-4-2-5-10-18)21(13-8-14-21)17-22-20(24)25-16-19-11-6-3-7-12-19/h2-7,9-12H,8,13-17H2,1H3,(H,22,24). The monoisotopic (exact) mass is 338 g/mol. The zero-order valence-electron chi connectivity index (χ0n) is 14.8. The fourth-order valence-corrected chi connectivity index (χ4v) is 3.31. The number of alkyl carbamates (subject to hydrolysis) is 1. The second-order valence-corrected chi connectivity index (χ2v) is 6.83. The molecule has 0 spiro atoms. The lowest BCUT2D eigenvalue weighted by Gasteiger charge is -2.49. The number of likely N-dealkylation sites (N-methyl/N-ethyl adjacent to an activating group) is 1. The van der Waals surface area contributed by atoms with E-state index in [1.807, 2.05) is 36.4 Å². The first-order chi connectivity index (χ1) is 12.2. The van der Waals surface area contributed by atoms with E-state index in [4.69, 9.17) is 4.74 Å². The van der Waals surface area contributed by atoms with Gasteiger partial charge in [-0.05, 0) is 37.4 Å². The number of carbonyl (C=O) groups is 1. The van der Waals surface area contributed by atoms with Gasteiger partial charge in [0, 0.05) is 18.6 Å². The Labute approximate surface area is 149 Å². The first-order valence-corrected chi connectivity index (χ1v) is 8.88. The van der Waals surface area contributed by atoms with Crippen molar-refractivity contribution in [1.82, 2.24) is 10.2 Å². The maximum Gasteiger partial charge on any atom is 0.407 e. The molecule has 25 heavy (non-hydrogen) atoms. The van der Waals surface area contributed by atoms with E-state index in [1.165, 1.54) is 12.0 Å². The fraction of sp³-hybridized carbons (Fsp3) is 0.381. The smallest absolute Gasteiger partial charge is 0.407 e. The van der Waals surface area contributed by atoms with Crippen molar-refractivity contribution in [3.8, 4) is 0 Å². The molecule has 0 radical (unpaired) electrons. The highest BCUT2D eigenvalue weighted by Crippen LogP contribution is 2.37. The summed E-state index contributed by atoms with van der Waals surface area (Å²) in [5.41, 5.74) is 2.34. The Kier molecular flexibility index (Phi) is 5.71. The Morgan fingerprint density at radius 1 is 1.04 bits per heavy atom. The number of rotatable bonds is 7. The lowest BCUT2D eigenvalue weighted by molar-refractivity contribution is 0.0301. The Bertz CT molecular complexity index is 669. The highest BCUT2D eigenvalue weighted by molar-refractivity contribution is 5.67. The van der Waals surface area contributed by atoms with Gasteiger partial charge < -0.3 is 10.1 Å². The number of ether oxygens (including phenoxy) is 1. The van der Waals surface area contributed by atoms with Gasteiger partial charge in [0.1, 0.15) is 6.61 Å². The molecule has 1 aliphatic carbocycles. The molecule has 132 valence electrons. The number of benzene rings is 2. The molecule has 0 aromatic heterocycles. The van der Waals surface area contributed by atoms with E-state index in [2.05, 4.69) is 41.5 Å². The van der Waals surface area contributed by atoms with E-state index in [9.17, 15) is 4.79 Å². The zero-order chi connectivity index (χ0) is 17.5. The van der Waals surface area contributed by atoms with Gasteiger partial charge in [0.05, 0.1) is 0 Å². The van der Waals surface area contributed by atoms with Gasteiger partial charge in [0.15, 0.2) is 0 Å². The van der Waals surface area contributed by atoms with Gasteiger partial charge in [-0.2, -0.15) is 0 Å². The third-order valence-corrected chi connectivity index (χ3v) is 5.13. The Balaban J connectivity index is 1.48. The fourth-order valence-electron chi connectivity index (χ4n) is 3.31. The van der Waals surface area contributed by atoms with Crippen molar-refractivity contribution in [2.24, 2.45) is 0 Å². The summed E-state index contributed by atoms with van der Waals surface area (Å²) in [5.74, 6) is 0. The molecule has 4 nitrogen and oxygen atoms in total. The van der Waals surface area contributed by atoms with Gasteiger partial charge in [-0.25, -0.2) is 4.79 Å². The lowest BCUT2D eigenvalue weighted by atomic mass is 9.75. The predicted molar refractivity (Wildman–Crippen MR) is 99.1 cm³/mol. The van der Waals surface area contributed by atoms with E-state index in [-0.39, 0.29) is 11.6 Å². The maximum absolute atomic E-state index is 12.0. The molecular weight excluding hydrogens is 312 g/mol. The molecule has 3 rings (SSSR count). The number of hydrogen-bond acceptors (Lipinski definition) is 3. The van der Waals surface area contributed by atoms with Crippen molar-refractivity contribution in [3.63, 3.8) is 0 Å². The lowest BCUT2D eigenvalue weighted by Crippen LogP contribution is -2.58. The Morgan fingerprint density at radius 2 is 1.64 bits per heavy atom. The molecule has 1 fully saturated rings. The summed E-state index contributed by atoms with van der Waals surface area (Å²) in [6.07, 6.45) is 3.08. The van der Waals surface area contributed by atoms with E-state index >= 15 is 0 Å². The summed E-state index contributed by atoms with van der Waals surface area (Å²) < 4.78 is 5.32. The van der Waals surface area contributed by atoms with Crippen LogP contribution in [-0.4, -0.2) is 30.1 Å². The quantitative estimate of drug-likeness (QED) is 0.830. The summed E-state index contributed by atoms with van der Waals surface area (Å²) in [4.78, 5) is 14.4. The van der Waals surface area contributed by atoms with Gasteiger partial charge in [-0.1, -0.05) is 60.7 Å². The van der Waals surface area contributed by atoms with Crippen molar-refractivity contribution in [3.05, 3.63) is 71.8 Å². The molecule has 2 aromatic rings. The number of nitrogens with zero attached hydrogens (tertiary/aromatic N) is 1. The van der Waals surface area contributed by atoms with Crippen LogP contribution in [0.25, 0.3) is 0 Å². The number of nitrogens with one attached hydrogen (secondary N) is 1. The van der Waals surface area contributed by atoms with Gasteiger partial charge >= 0.3 is 6.09 Å². The summed E-state index contributed by atoms with van der Waals surface area (Å²) >= 11 is 0. The van der Waals surface area contributed by atoms with Crippen molar-refractivity contribution >= 4 is 6.09 Å². The molecule has 0 heterocycles. The zero-order valence-corrected chi connectivity index (χ0v) is 14.8. The molecule has 0 aliphatic heterocycles. The largest absolute Gasteiger partial charge is 0.445 e. The van der Waals surface area contributed by atoms with Crippen molar-refractivity contribution in [2.75, 3.05) is 13.6 Å². The topological polar surface area (TPSA) is 41.6 Å². The van der Waals surface area contributed by atoms with Crippen LogP contribution in [0.4, 0.5) is 4.79 Å². The first kappa shape index (κ1) is 17.5. The second kappa shape index (κ2) is 8.17. The summed E-state index contributed by atoms with van der Waals surface area (Å²) in [5, 5.41) is 2.96. The Morgan fingerprint density at radius 3 is 2.20 bits per heavy atom. The van der Waals surface area contributed by atoms with Crippen LogP contribution < -0.4 is 5.32 Å². The summed E-state index contributed by atoms with van der Waals surface area (Å²) in [7, 11) is 2.14. The third kappa shape index (κ3) is 4.60. The average Bonchev–Trinajstić information content (AvgIpc) is 2.61. The molecule has 1 N–H and O–H groups in total. The SMILES string of the molecule is CN(Cc1ccccc1)C1(CNC(=O)OCc2ccccc2)CCC1. The molecule has 0 unspecified atom stereocenters. The second-order valence-electron chi connectivity index (χ2n) is 6.83. The minimum Gasteiger partial charge on any atom is -0.445 e. The maximum atomic E-state index is 12.0. The van der Waals surface area contributed by atoms with Crippen LogP contribution in [0.3, 0.4) is 0 Å². The van der Waals surface area contributed by atoms with Crippen LogP contribution in [0, 0.1) is 0 Å². The van der Waals surface area contributed by atoms with Crippen molar-refractivity contribution in [2.45, 2.75) is 38.0 Å². The molecule has 0 saturated heterocycles. The molecule has 0 bridgehead atoms.